The summed E-state index contributed by atoms with van der Waals surface area (Å²) < 4.78 is 27.8. The summed E-state index contributed by atoms with van der Waals surface area (Å²) in [5, 5.41) is 0. The molecule has 0 spiro atoms. The molecule has 9 aromatic carbocycles. The SMILES string of the molecule is CCc1cccc2c1C(c1cc(C3c4ccccc4Oc4cccc(CC)c43)c(C3c4ccccc4Oc4cccc(CC)c43)cc1C1c3ccccc3Oc3cccc(CC)c31)c1ccccc1O2. The molecule has 0 aliphatic carbocycles. The van der Waals surface area contributed by atoms with E-state index >= 15 is 0 Å². The Bertz CT molecular complexity index is 3080. The molecule has 4 atom stereocenters. The largest absolute Gasteiger partial charge is 0.457 e. The summed E-state index contributed by atoms with van der Waals surface area (Å²) in [7, 11) is 0. The monoisotopic (exact) mass is 910 g/mol. The first kappa shape index (κ1) is 42.3. The standard InChI is InChI=1S/C66H54O4/c1-5-39-21-17-33-55-59(39)63(43-25-9-13-29-51(43)67-55)47-37-49(65-45-27-11-15-31-53(45)69-57-35-19-23-41(7-3)61(57)65)50(66-46-28-12-16-32-54(46)70-58-36-20-24-42(8-4)62(58)66)38-48(47)64-44-26-10-14-30-52(44)68-56-34-18-22-40(6-2)60(56)64/h9-38,63-66H,5-8H2,1-4H3. The van der Waals surface area contributed by atoms with Gasteiger partial charge in [-0.05, 0) is 119 Å². The lowest BCUT2D eigenvalue weighted by Gasteiger charge is -2.39. The molecule has 0 amide bonds. The van der Waals surface area contributed by atoms with Crippen molar-refractivity contribution in [2.45, 2.75) is 77.0 Å². The van der Waals surface area contributed by atoms with Gasteiger partial charge in [-0.1, -0.05) is 161 Å². The molecule has 0 saturated carbocycles. The second-order valence-electron chi connectivity index (χ2n) is 19.1. The molecule has 0 fully saturated rings. The first-order valence-corrected chi connectivity index (χ1v) is 25.3. The van der Waals surface area contributed by atoms with Gasteiger partial charge in [-0.2, -0.15) is 0 Å². The Balaban J connectivity index is 1.25. The molecule has 70 heavy (non-hydrogen) atoms. The molecular weight excluding hydrogens is 857 g/mol. The maximum Gasteiger partial charge on any atom is 0.131 e. The van der Waals surface area contributed by atoms with Crippen molar-refractivity contribution in [1.82, 2.24) is 0 Å². The number of hydrogen-bond acceptors (Lipinski definition) is 4. The lowest BCUT2D eigenvalue weighted by molar-refractivity contribution is 0.445. The van der Waals surface area contributed by atoms with Gasteiger partial charge in [-0.3, -0.25) is 0 Å². The van der Waals surface area contributed by atoms with Crippen molar-refractivity contribution in [3.63, 3.8) is 0 Å². The lowest BCUT2D eigenvalue weighted by Crippen LogP contribution is -2.24. The van der Waals surface area contributed by atoms with Gasteiger partial charge in [0.05, 0.1) is 0 Å². The van der Waals surface area contributed by atoms with Crippen molar-refractivity contribution in [1.29, 1.82) is 0 Å². The number of benzene rings is 9. The third kappa shape index (κ3) is 6.49. The van der Waals surface area contributed by atoms with Gasteiger partial charge in [-0.15, -0.1) is 0 Å². The molecule has 4 heteroatoms. The summed E-state index contributed by atoms with van der Waals surface area (Å²) in [6, 6.07) is 66.7. The Morgan fingerprint density at radius 2 is 0.457 bits per heavy atom. The Hall–Kier alpha value is -7.82. The van der Waals surface area contributed by atoms with Gasteiger partial charge < -0.3 is 18.9 Å². The minimum absolute atomic E-state index is 0.164. The van der Waals surface area contributed by atoms with E-state index in [1.807, 2.05) is 0 Å². The normalized spacial score (nSPS) is 17.5. The summed E-state index contributed by atoms with van der Waals surface area (Å²) in [5.74, 6) is 6.56. The molecule has 342 valence electrons. The maximum atomic E-state index is 6.95. The van der Waals surface area contributed by atoms with E-state index in [1.165, 1.54) is 66.8 Å². The smallest absolute Gasteiger partial charge is 0.131 e. The first-order valence-electron chi connectivity index (χ1n) is 25.3. The van der Waals surface area contributed by atoms with Gasteiger partial charge in [0, 0.05) is 68.2 Å². The van der Waals surface area contributed by atoms with Crippen LogP contribution >= 0.6 is 0 Å². The summed E-state index contributed by atoms with van der Waals surface area (Å²) in [6.45, 7) is 9.09. The molecule has 4 nitrogen and oxygen atoms in total. The van der Waals surface area contributed by atoms with Crippen LogP contribution in [0, 0.1) is 0 Å². The second-order valence-corrected chi connectivity index (χ2v) is 19.1. The molecule has 4 heterocycles. The average Bonchev–Trinajstić information content (AvgIpc) is 3.41. The zero-order valence-corrected chi connectivity index (χ0v) is 40.1. The number of aryl methyl sites for hydroxylation is 4. The number of fused-ring (bicyclic) bond motifs is 8. The molecular formula is C66H54O4. The lowest BCUT2D eigenvalue weighted by atomic mass is 9.67. The van der Waals surface area contributed by atoms with Crippen LogP contribution in [0.3, 0.4) is 0 Å². The molecule has 0 N–H and O–H groups in total. The third-order valence-corrected chi connectivity index (χ3v) is 15.6. The van der Waals surface area contributed by atoms with Crippen LogP contribution in [0.1, 0.15) is 140 Å². The van der Waals surface area contributed by atoms with Crippen molar-refractivity contribution >= 4 is 0 Å². The topological polar surface area (TPSA) is 36.9 Å². The highest BCUT2D eigenvalue weighted by molar-refractivity contribution is 5.72. The fraction of sp³-hybridized carbons (Fsp3) is 0.182. The van der Waals surface area contributed by atoms with Crippen LogP contribution in [-0.2, 0) is 25.7 Å². The molecule has 4 aliphatic heterocycles. The quantitative estimate of drug-likeness (QED) is 0.152. The van der Waals surface area contributed by atoms with E-state index in [4.69, 9.17) is 18.9 Å². The van der Waals surface area contributed by atoms with Crippen LogP contribution in [-0.4, -0.2) is 0 Å². The molecule has 0 saturated heterocycles. The van der Waals surface area contributed by atoms with E-state index in [1.54, 1.807) is 0 Å². The van der Waals surface area contributed by atoms with Crippen LogP contribution in [0.2, 0.25) is 0 Å². The second kappa shape index (κ2) is 17.0. The third-order valence-electron chi connectivity index (χ3n) is 15.6. The van der Waals surface area contributed by atoms with Crippen LogP contribution in [0.25, 0.3) is 0 Å². The van der Waals surface area contributed by atoms with Crippen molar-refractivity contribution in [2.24, 2.45) is 0 Å². The van der Waals surface area contributed by atoms with Gasteiger partial charge in [0.25, 0.3) is 0 Å². The van der Waals surface area contributed by atoms with Crippen molar-refractivity contribution < 1.29 is 18.9 Å². The van der Waals surface area contributed by atoms with Crippen LogP contribution < -0.4 is 18.9 Å². The van der Waals surface area contributed by atoms with Crippen LogP contribution in [0.15, 0.2) is 182 Å². The van der Waals surface area contributed by atoms with E-state index in [9.17, 15) is 0 Å². The Morgan fingerprint density at radius 1 is 0.243 bits per heavy atom. The fourth-order valence-electron chi connectivity index (χ4n) is 12.6. The molecule has 4 aliphatic rings. The van der Waals surface area contributed by atoms with Gasteiger partial charge >= 0.3 is 0 Å². The van der Waals surface area contributed by atoms with E-state index in [-0.39, 0.29) is 23.7 Å². The Kier molecular flexibility index (Phi) is 10.3. The van der Waals surface area contributed by atoms with Crippen LogP contribution in [0.4, 0.5) is 0 Å². The summed E-state index contributed by atoms with van der Waals surface area (Å²) in [4.78, 5) is 0. The fourth-order valence-corrected chi connectivity index (χ4v) is 12.6. The molecule has 13 rings (SSSR count). The van der Waals surface area contributed by atoms with Crippen LogP contribution in [0.5, 0.6) is 46.0 Å². The predicted molar refractivity (Wildman–Crippen MR) is 280 cm³/mol. The van der Waals surface area contributed by atoms with E-state index in [0.29, 0.717) is 0 Å². The Labute approximate surface area is 411 Å². The summed E-state index contributed by atoms with van der Waals surface area (Å²) >= 11 is 0. The first-order chi connectivity index (χ1) is 34.6. The molecule has 0 bridgehead atoms. The molecule has 9 aromatic rings. The predicted octanol–water partition coefficient (Wildman–Crippen LogP) is 17.1. The molecule has 0 radical (unpaired) electrons. The van der Waals surface area contributed by atoms with E-state index in [0.717, 1.165) is 93.9 Å². The van der Waals surface area contributed by atoms with E-state index < -0.39 is 0 Å². The number of ether oxygens (including phenoxy) is 4. The maximum absolute atomic E-state index is 6.95. The van der Waals surface area contributed by atoms with E-state index in [2.05, 4.69) is 210 Å². The minimum atomic E-state index is -0.164. The van der Waals surface area contributed by atoms with Crippen molar-refractivity contribution in [2.75, 3.05) is 0 Å². The zero-order chi connectivity index (χ0) is 47.0. The van der Waals surface area contributed by atoms with Gasteiger partial charge in [0.15, 0.2) is 0 Å². The van der Waals surface area contributed by atoms with Crippen molar-refractivity contribution in [3.05, 3.63) is 271 Å². The highest BCUT2D eigenvalue weighted by Crippen LogP contribution is 2.60. The highest BCUT2D eigenvalue weighted by Gasteiger charge is 2.43. The van der Waals surface area contributed by atoms with Gasteiger partial charge in [-0.25, -0.2) is 0 Å². The summed E-state index contributed by atoms with van der Waals surface area (Å²) in [5.41, 5.74) is 19.7. The number of rotatable bonds is 8. The Morgan fingerprint density at radius 3 is 0.686 bits per heavy atom. The molecule has 4 unspecified atom stereocenters. The van der Waals surface area contributed by atoms with Gasteiger partial charge in [0.1, 0.15) is 46.0 Å². The van der Waals surface area contributed by atoms with Gasteiger partial charge in [0.2, 0.25) is 0 Å². The highest BCUT2D eigenvalue weighted by atomic mass is 16.5. The van der Waals surface area contributed by atoms with Crippen molar-refractivity contribution in [3.8, 4) is 46.0 Å². The number of hydrogen-bond donors (Lipinski definition) is 0. The zero-order valence-electron chi connectivity index (χ0n) is 40.1. The minimum Gasteiger partial charge on any atom is -0.457 e. The average molecular weight is 911 g/mol. The summed E-state index contributed by atoms with van der Waals surface area (Å²) in [6.07, 6.45) is 3.46. The molecule has 0 aromatic heterocycles. The number of para-hydroxylation sites is 4.